The highest BCUT2D eigenvalue weighted by atomic mass is 19.1. The Labute approximate surface area is 168 Å². The number of methoxy groups -OCH3 is 1. The molecule has 0 fully saturated rings. The van der Waals surface area contributed by atoms with Crippen LogP contribution >= 0.6 is 0 Å². The van der Waals surface area contributed by atoms with Crippen molar-refractivity contribution >= 4 is 29.0 Å². The number of aliphatic hydroxyl groups excluding tert-OH is 1. The van der Waals surface area contributed by atoms with Gasteiger partial charge in [-0.1, -0.05) is 32.1 Å². The summed E-state index contributed by atoms with van der Waals surface area (Å²) < 4.78 is 18.6. The lowest BCUT2D eigenvalue weighted by molar-refractivity contribution is 0.0894. The average Bonchev–Trinajstić information content (AvgIpc) is 3.13. The lowest BCUT2D eigenvalue weighted by Crippen LogP contribution is -2.41. The summed E-state index contributed by atoms with van der Waals surface area (Å²) in [5.74, 6) is -0.145. The van der Waals surface area contributed by atoms with E-state index in [1.54, 1.807) is 30.3 Å². The van der Waals surface area contributed by atoms with Gasteiger partial charge in [0.2, 0.25) is 0 Å². The smallest absolute Gasteiger partial charge is 0.255 e. The lowest BCUT2D eigenvalue weighted by atomic mass is 10.0. The predicted octanol–water partition coefficient (Wildman–Crippen LogP) is 3.63. The van der Waals surface area contributed by atoms with Crippen molar-refractivity contribution in [1.82, 2.24) is 15.5 Å². The zero-order chi connectivity index (χ0) is 21.0. The maximum absolute atomic E-state index is 13.1. The number of fused-ring (bicyclic) bond motifs is 1. The van der Waals surface area contributed by atoms with Crippen molar-refractivity contribution in [2.45, 2.75) is 19.9 Å². The van der Waals surface area contributed by atoms with E-state index in [9.17, 15) is 14.3 Å². The third kappa shape index (κ3) is 4.46. The Morgan fingerprint density at radius 1 is 1.24 bits per heavy atom. The number of hydrogen-bond donors (Lipinski definition) is 3. The Morgan fingerprint density at radius 3 is 2.59 bits per heavy atom. The average molecular weight is 397 g/mol. The molecule has 0 aliphatic carbocycles. The fourth-order valence-electron chi connectivity index (χ4n) is 3.04. The summed E-state index contributed by atoms with van der Waals surface area (Å²) in [6.07, 6.45) is 3.59. The number of aliphatic hydroxyl groups is 1. The number of aromatic nitrogens is 2. The van der Waals surface area contributed by atoms with Gasteiger partial charge in [0.05, 0.1) is 41.9 Å². The molecule has 29 heavy (non-hydrogen) atoms. The summed E-state index contributed by atoms with van der Waals surface area (Å²) >= 11 is 0. The monoisotopic (exact) mass is 397 g/mol. The molecule has 0 aliphatic heterocycles. The highest BCUT2D eigenvalue weighted by molar-refractivity contribution is 6.05. The van der Waals surface area contributed by atoms with Gasteiger partial charge in [0.15, 0.2) is 0 Å². The van der Waals surface area contributed by atoms with Crippen molar-refractivity contribution < 1.29 is 19.0 Å². The van der Waals surface area contributed by atoms with Gasteiger partial charge in [0.25, 0.3) is 5.91 Å². The molecule has 0 bridgehead atoms. The molecular formula is C22H24FN3O3. The van der Waals surface area contributed by atoms with Crippen LogP contribution < -0.4 is 10.1 Å². The molecule has 1 atom stereocenters. The van der Waals surface area contributed by atoms with Crippen LogP contribution in [0.15, 0.2) is 36.4 Å². The van der Waals surface area contributed by atoms with Crippen LogP contribution in [-0.2, 0) is 0 Å². The molecule has 0 aliphatic rings. The minimum absolute atomic E-state index is 0.0850. The van der Waals surface area contributed by atoms with Crippen LogP contribution in [0.5, 0.6) is 5.75 Å². The van der Waals surface area contributed by atoms with Crippen molar-refractivity contribution in [2.75, 3.05) is 13.7 Å². The van der Waals surface area contributed by atoms with E-state index in [1.165, 1.54) is 19.2 Å². The molecule has 1 amide bonds. The van der Waals surface area contributed by atoms with Gasteiger partial charge in [0, 0.05) is 0 Å². The molecule has 0 saturated carbocycles. The molecule has 6 nitrogen and oxygen atoms in total. The van der Waals surface area contributed by atoms with E-state index < -0.39 is 0 Å². The van der Waals surface area contributed by atoms with Crippen LogP contribution in [-0.4, -0.2) is 41.0 Å². The number of hydrogen-bond acceptors (Lipinski definition) is 4. The predicted molar refractivity (Wildman–Crippen MR) is 111 cm³/mol. The SMILES string of the molecule is COc1c(C(=O)N[C@H](CO)C(C)C)ccc2[nH]nc(/C=C/c3ccc(F)cc3)c12. The fraction of sp³-hybridized carbons (Fsp3) is 0.273. The molecule has 3 N–H and O–H groups in total. The molecule has 0 radical (unpaired) electrons. The van der Waals surface area contributed by atoms with Crippen LogP contribution in [0.1, 0.15) is 35.5 Å². The number of nitrogens with zero attached hydrogens (tertiary/aromatic N) is 1. The molecule has 7 heteroatoms. The first-order chi connectivity index (χ1) is 13.9. The molecule has 0 spiro atoms. The van der Waals surface area contributed by atoms with Crippen molar-refractivity contribution in [2.24, 2.45) is 5.92 Å². The third-order valence-electron chi connectivity index (χ3n) is 4.78. The van der Waals surface area contributed by atoms with Crippen molar-refractivity contribution in [3.05, 3.63) is 59.0 Å². The van der Waals surface area contributed by atoms with Gasteiger partial charge >= 0.3 is 0 Å². The molecule has 0 saturated heterocycles. The number of carbonyl (C=O) groups is 1. The fourth-order valence-corrected chi connectivity index (χ4v) is 3.04. The number of benzene rings is 2. The van der Waals surface area contributed by atoms with Gasteiger partial charge in [-0.05, 0) is 41.8 Å². The number of ether oxygens (including phenoxy) is 1. The summed E-state index contributed by atoms with van der Waals surface area (Å²) in [5, 5.41) is 20.3. The van der Waals surface area contributed by atoms with Crippen LogP contribution in [0.25, 0.3) is 23.1 Å². The van der Waals surface area contributed by atoms with E-state index >= 15 is 0 Å². The molecule has 3 aromatic rings. The van der Waals surface area contributed by atoms with E-state index in [1.807, 2.05) is 19.9 Å². The molecular weight excluding hydrogens is 373 g/mol. The lowest BCUT2D eigenvalue weighted by Gasteiger charge is -2.20. The minimum atomic E-state index is -0.356. The topological polar surface area (TPSA) is 87.2 Å². The Kier molecular flexibility index (Phi) is 6.29. The quantitative estimate of drug-likeness (QED) is 0.568. The van der Waals surface area contributed by atoms with E-state index in [2.05, 4.69) is 15.5 Å². The largest absolute Gasteiger partial charge is 0.495 e. The molecule has 2 aromatic carbocycles. The second kappa shape index (κ2) is 8.87. The summed E-state index contributed by atoms with van der Waals surface area (Å²) in [4.78, 5) is 12.8. The highest BCUT2D eigenvalue weighted by Gasteiger charge is 2.22. The summed E-state index contributed by atoms with van der Waals surface area (Å²) in [5.41, 5.74) is 2.49. The maximum atomic E-state index is 13.1. The normalized spacial score (nSPS) is 12.6. The molecule has 1 heterocycles. The van der Waals surface area contributed by atoms with Crippen molar-refractivity contribution in [3.8, 4) is 5.75 Å². The number of aromatic amines is 1. The summed E-state index contributed by atoms with van der Waals surface area (Å²) in [7, 11) is 1.50. The number of H-pyrrole nitrogens is 1. The highest BCUT2D eigenvalue weighted by Crippen LogP contribution is 2.32. The summed E-state index contributed by atoms with van der Waals surface area (Å²) in [6, 6.07) is 9.17. The Morgan fingerprint density at radius 2 is 1.97 bits per heavy atom. The standard InChI is InChI=1S/C22H24FN3O3/c1-13(2)19(12-27)24-22(28)16-9-11-18-20(21(16)29-3)17(25-26-18)10-6-14-4-7-15(23)8-5-14/h4-11,13,19,27H,12H2,1-3H3,(H,24,28)(H,25,26)/b10-6+/t19-/m1/s1. The first-order valence-electron chi connectivity index (χ1n) is 9.35. The van der Waals surface area contributed by atoms with E-state index in [0.29, 0.717) is 22.4 Å². The molecule has 3 rings (SSSR count). The van der Waals surface area contributed by atoms with Gasteiger partial charge in [-0.25, -0.2) is 4.39 Å². The van der Waals surface area contributed by atoms with Gasteiger partial charge in [-0.3, -0.25) is 9.89 Å². The number of amides is 1. The van der Waals surface area contributed by atoms with Crippen LogP contribution in [0, 0.1) is 11.7 Å². The number of nitrogens with one attached hydrogen (secondary N) is 2. The second-order valence-electron chi connectivity index (χ2n) is 7.07. The summed E-state index contributed by atoms with van der Waals surface area (Å²) in [6.45, 7) is 3.71. The molecule has 1 aromatic heterocycles. The van der Waals surface area contributed by atoms with Gasteiger partial charge < -0.3 is 15.2 Å². The van der Waals surface area contributed by atoms with Gasteiger partial charge in [0.1, 0.15) is 11.6 Å². The number of halogens is 1. The first-order valence-corrected chi connectivity index (χ1v) is 9.35. The Hall–Kier alpha value is -3.19. The maximum Gasteiger partial charge on any atom is 0.255 e. The van der Waals surface area contributed by atoms with Crippen LogP contribution in [0.4, 0.5) is 4.39 Å². The van der Waals surface area contributed by atoms with E-state index in [0.717, 1.165) is 11.1 Å². The van der Waals surface area contributed by atoms with Crippen molar-refractivity contribution in [3.63, 3.8) is 0 Å². The van der Waals surface area contributed by atoms with Crippen LogP contribution in [0.3, 0.4) is 0 Å². The Bertz CT molecular complexity index is 1030. The minimum Gasteiger partial charge on any atom is -0.495 e. The Balaban J connectivity index is 1.98. The van der Waals surface area contributed by atoms with Gasteiger partial charge in [-0.2, -0.15) is 5.10 Å². The zero-order valence-electron chi connectivity index (χ0n) is 16.6. The number of carbonyl (C=O) groups excluding carboxylic acids is 1. The molecule has 152 valence electrons. The number of rotatable bonds is 7. The van der Waals surface area contributed by atoms with Gasteiger partial charge in [-0.15, -0.1) is 0 Å². The van der Waals surface area contributed by atoms with E-state index in [4.69, 9.17) is 4.74 Å². The third-order valence-corrected chi connectivity index (χ3v) is 4.78. The molecule has 0 unspecified atom stereocenters. The van der Waals surface area contributed by atoms with Crippen molar-refractivity contribution in [1.29, 1.82) is 0 Å². The first kappa shape index (κ1) is 20.5. The zero-order valence-corrected chi connectivity index (χ0v) is 16.6. The van der Waals surface area contributed by atoms with E-state index in [-0.39, 0.29) is 30.3 Å². The van der Waals surface area contributed by atoms with Crippen LogP contribution in [0.2, 0.25) is 0 Å². The second-order valence-corrected chi connectivity index (χ2v) is 7.07.